The van der Waals surface area contributed by atoms with Crippen LogP contribution in [0, 0.1) is 0 Å². The van der Waals surface area contributed by atoms with E-state index >= 15 is 0 Å². The monoisotopic (exact) mass is 951 g/mol. The van der Waals surface area contributed by atoms with Gasteiger partial charge in [-0.15, -0.1) is 5.10 Å². The average molecular weight is 952 g/mol. The maximum atomic E-state index is 13.9. The lowest BCUT2D eigenvalue weighted by Crippen LogP contribution is -2.35. The van der Waals surface area contributed by atoms with Gasteiger partial charge in [0.25, 0.3) is 0 Å². The van der Waals surface area contributed by atoms with Gasteiger partial charge in [-0.3, -0.25) is 24.5 Å². The number of hydrogen-bond donors (Lipinski definition) is 4. The van der Waals surface area contributed by atoms with Gasteiger partial charge in [0.1, 0.15) is 17.1 Å². The Morgan fingerprint density at radius 3 is 2.00 bits per heavy atom. The summed E-state index contributed by atoms with van der Waals surface area (Å²) in [5, 5.41) is 33.4. The van der Waals surface area contributed by atoms with Crippen LogP contribution in [0.3, 0.4) is 0 Å². The summed E-state index contributed by atoms with van der Waals surface area (Å²) in [7, 11) is 0. The quantitative estimate of drug-likeness (QED) is 0.114. The fraction of sp³-hybridized carbons (Fsp3) is 0.417. The first kappa shape index (κ1) is 49.8. The number of aromatic nitrogens is 5. The number of fused-ring (bicyclic) bond motifs is 5. The molecule has 2 aliphatic heterocycles. The number of carboxylic acids is 2. The van der Waals surface area contributed by atoms with Crippen LogP contribution in [0.25, 0.3) is 22.5 Å². The van der Waals surface area contributed by atoms with Crippen LogP contribution in [-0.2, 0) is 48.2 Å². The van der Waals surface area contributed by atoms with E-state index in [-0.39, 0.29) is 42.1 Å². The van der Waals surface area contributed by atoms with Gasteiger partial charge < -0.3 is 39.4 Å². The van der Waals surface area contributed by atoms with E-state index in [1.165, 1.54) is 12.1 Å². The smallest absolute Gasteiger partial charge is 0.354 e. The number of para-hydroxylation sites is 1. The number of thioether (sulfide) groups is 1. The number of benzene rings is 2. The van der Waals surface area contributed by atoms with Crippen molar-refractivity contribution in [2.45, 2.75) is 38.6 Å². The molecule has 0 spiro atoms. The van der Waals surface area contributed by atoms with E-state index in [1.807, 2.05) is 48.5 Å². The second-order valence-corrected chi connectivity index (χ2v) is 17.2. The Kier molecular flexibility index (Phi) is 18.9. The number of rotatable bonds is 14. The Labute approximate surface area is 398 Å². The van der Waals surface area contributed by atoms with Crippen LogP contribution in [0.15, 0.2) is 84.9 Å². The summed E-state index contributed by atoms with van der Waals surface area (Å²) in [4.78, 5) is 64.7. The van der Waals surface area contributed by atoms with E-state index < -0.39 is 11.9 Å². The largest absolute Gasteiger partial charge is 0.477 e. The lowest BCUT2D eigenvalue weighted by atomic mass is 9.95. The standard InChI is InChI=1S/C48H57N9O10S/c58-43(15-16-44(59)57-29-34-7-1-2-10-38(34)45-46(53-54-52-45)39-11-3-4-14-42(39)57)49-17-28-68-33-37-32-66-24-20-55(30-35-8-5-12-40(50-35)47(60)61)18-22-64-26-27-65-23-19-56(21-25-67-37)31-36-9-6-13-41(51-36)48(62)63/h1-14,37H,15-33H2,(H,49,58)(H,60,61)(H,62,63)(H,52,53,54)/t37-/m0/s1. The summed E-state index contributed by atoms with van der Waals surface area (Å²) < 4.78 is 24.4. The zero-order chi connectivity index (χ0) is 47.5. The summed E-state index contributed by atoms with van der Waals surface area (Å²) in [6.07, 6.45) is -0.252. The molecule has 1 fully saturated rings. The van der Waals surface area contributed by atoms with Gasteiger partial charge in [0.2, 0.25) is 11.8 Å². The molecule has 19 nitrogen and oxygen atoms in total. The van der Waals surface area contributed by atoms with Crippen LogP contribution in [0.4, 0.5) is 5.69 Å². The molecule has 4 N–H and O–H groups in total. The highest BCUT2D eigenvalue weighted by Crippen LogP contribution is 2.40. The van der Waals surface area contributed by atoms with Gasteiger partial charge in [-0.1, -0.05) is 59.8 Å². The van der Waals surface area contributed by atoms with Gasteiger partial charge in [0.15, 0.2) is 0 Å². The van der Waals surface area contributed by atoms with Crippen molar-refractivity contribution in [1.82, 2.24) is 40.5 Å². The van der Waals surface area contributed by atoms with Gasteiger partial charge in [0.05, 0.1) is 81.7 Å². The molecular formula is C48H57N9O10S. The van der Waals surface area contributed by atoms with Crippen molar-refractivity contribution >= 4 is 41.2 Å². The molecule has 0 radical (unpaired) electrons. The summed E-state index contributed by atoms with van der Waals surface area (Å²) in [5.74, 6) is -1.40. The molecule has 0 unspecified atom stereocenters. The molecule has 3 aromatic heterocycles. The lowest BCUT2D eigenvalue weighted by molar-refractivity contribution is -0.125. The Hall–Kier alpha value is -6.13. The lowest BCUT2D eigenvalue weighted by Gasteiger charge is -2.28. The van der Waals surface area contributed by atoms with Crippen molar-refractivity contribution in [3.63, 3.8) is 0 Å². The fourth-order valence-corrected chi connectivity index (χ4v) is 8.67. The third-order valence-corrected chi connectivity index (χ3v) is 12.4. The molecule has 0 bridgehead atoms. The predicted molar refractivity (Wildman–Crippen MR) is 253 cm³/mol. The first-order valence-corrected chi connectivity index (χ1v) is 23.8. The zero-order valence-corrected chi connectivity index (χ0v) is 38.6. The number of aromatic carboxylic acids is 2. The maximum Gasteiger partial charge on any atom is 0.354 e. The number of carboxylic acid groups (broad SMARTS) is 2. The molecular weight excluding hydrogens is 895 g/mol. The van der Waals surface area contributed by atoms with E-state index in [9.17, 15) is 29.4 Å². The molecule has 2 amide bonds. The molecule has 2 aliphatic rings. The van der Waals surface area contributed by atoms with Crippen LogP contribution in [-0.4, -0.2) is 166 Å². The molecule has 0 aliphatic carbocycles. The second-order valence-electron chi connectivity index (χ2n) is 16.1. The van der Waals surface area contributed by atoms with Gasteiger partial charge >= 0.3 is 11.9 Å². The van der Waals surface area contributed by atoms with Gasteiger partial charge in [0, 0.05) is 81.3 Å². The first-order chi connectivity index (χ1) is 33.2. The van der Waals surface area contributed by atoms with Crippen molar-refractivity contribution < 1.29 is 48.3 Å². The molecule has 360 valence electrons. The van der Waals surface area contributed by atoms with Crippen molar-refractivity contribution in [2.24, 2.45) is 0 Å². The number of carbonyl (C=O) groups is 4. The van der Waals surface area contributed by atoms with Crippen molar-refractivity contribution in [1.29, 1.82) is 0 Å². The number of pyridine rings is 2. The average Bonchev–Trinajstić information content (AvgIpc) is 3.83. The van der Waals surface area contributed by atoms with Gasteiger partial charge in [-0.25, -0.2) is 19.6 Å². The second kappa shape index (κ2) is 25.9. The Bertz CT molecular complexity index is 2460. The van der Waals surface area contributed by atoms with Crippen LogP contribution in [0.5, 0.6) is 0 Å². The Morgan fingerprint density at radius 1 is 0.706 bits per heavy atom. The number of amides is 2. The molecule has 7 rings (SSSR count). The zero-order valence-electron chi connectivity index (χ0n) is 37.8. The fourth-order valence-electron chi connectivity index (χ4n) is 7.80. The van der Waals surface area contributed by atoms with Crippen LogP contribution in [0.2, 0.25) is 0 Å². The highest BCUT2D eigenvalue weighted by atomic mass is 32.2. The molecule has 5 aromatic rings. The van der Waals surface area contributed by atoms with Crippen LogP contribution >= 0.6 is 11.8 Å². The molecule has 0 saturated carbocycles. The van der Waals surface area contributed by atoms with E-state index in [0.29, 0.717) is 133 Å². The molecule has 68 heavy (non-hydrogen) atoms. The predicted octanol–water partition coefficient (Wildman–Crippen LogP) is 4.25. The van der Waals surface area contributed by atoms with Crippen LogP contribution in [0.1, 0.15) is 50.8 Å². The topological polar surface area (TPSA) is 235 Å². The number of nitrogens with zero attached hydrogens (tertiary/aromatic N) is 7. The van der Waals surface area contributed by atoms with E-state index in [1.54, 1.807) is 40.9 Å². The molecule has 1 atom stereocenters. The minimum Gasteiger partial charge on any atom is -0.477 e. The van der Waals surface area contributed by atoms with E-state index in [2.05, 4.69) is 40.5 Å². The normalized spacial score (nSPS) is 17.0. The molecule has 2 aromatic carbocycles. The van der Waals surface area contributed by atoms with Gasteiger partial charge in [-0.2, -0.15) is 11.8 Å². The third-order valence-electron chi connectivity index (χ3n) is 11.3. The Balaban J connectivity index is 0.922. The number of hydrogen-bond acceptors (Lipinski definition) is 15. The third kappa shape index (κ3) is 14.7. The molecule has 5 heterocycles. The minimum atomic E-state index is -1.09. The summed E-state index contributed by atoms with van der Waals surface area (Å²) in [5.41, 5.74) is 5.98. The molecule has 20 heteroatoms. The van der Waals surface area contributed by atoms with Crippen LogP contribution < -0.4 is 10.2 Å². The SMILES string of the molecule is O=C(CCC(=O)N1Cc2ccccc2-c2[nH]nnc2-c2ccccc21)NCCSC[C@@H]1COCCN(Cc2cccc(C(=O)O)n2)CCOCCOCCN(Cc2cccc(C(=O)O)n2)CCO1. The number of nitrogens with one attached hydrogen (secondary N) is 2. The Morgan fingerprint density at radius 2 is 1.32 bits per heavy atom. The number of carbonyl (C=O) groups excluding carboxylic acids is 2. The number of ether oxygens (including phenoxy) is 4. The van der Waals surface area contributed by atoms with E-state index in [4.69, 9.17) is 18.9 Å². The summed E-state index contributed by atoms with van der Waals surface area (Å²) in [6, 6.07) is 25.3. The first-order valence-electron chi connectivity index (χ1n) is 22.6. The maximum absolute atomic E-state index is 13.9. The van der Waals surface area contributed by atoms with Crippen molar-refractivity contribution in [3.05, 3.63) is 113 Å². The number of H-pyrrole nitrogens is 1. The van der Waals surface area contributed by atoms with E-state index in [0.717, 1.165) is 22.4 Å². The highest BCUT2D eigenvalue weighted by molar-refractivity contribution is 7.99. The van der Waals surface area contributed by atoms with Crippen molar-refractivity contribution in [3.8, 4) is 22.5 Å². The summed E-state index contributed by atoms with van der Waals surface area (Å²) in [6.45, 7) is 6.30. The number of anilines is 1. The number of aromatic amines is 1. The summed E-state index contributed by atoms with van der Waals surface area (Å²) >= 11 is 1.61. The van der Waals surface area contributed by atoms with Crippen molar-refractivity contribution in [2.75, 3.05) is 95.4 Å². The highest BCUT2D eigenvalue weighted by Gasteiger charge is 2.28. The van der Waals surface area contributed by atoms with Gasteiger partial charge in [-0.05, 0) is 35.9 Å². The molecule has 1 saturated heterocycles. The minimum absolute atomic E-state index is 0.0193.